The maximum atomic E-state index is 11.9. The van der Waals surface area contributed by atoms with Crippen molar-refractivity contribution in [3.63, 3.8) is 0 Å². The molecule has 0 aromatic heterocycles. The molecule has 6 heteroatoms. The first-order chi connectivity index (χ1) is 8.90. The number of hydrogen-bond donors (Lipinski definition) is 0. The fraction of sp³-hybridized carbons (Fsp3) is 0.462. The number of alkyl halides is 3. The number of carbonyl (C=O) groups excluding carboxylic acids is 1. The van der Waals surface area contributed by atoms with Crippen molar-refractivity contribution in [1.82, 2.24) is 0 Å². The van der Waals surface area contributed by atoms with Crippen LogP contribution in [0.3, 0.4) is 0 Å². The van der Waals surface area contributed by atoms with Crippen molar-refractivity contribution in [2.24, 2.45) is 0 Å². The second-order valence-corrected chi connectivity index (χ2v) is 3.85. The topological polar surface area (TPSA) is 35.5 Å². The number of rotatable bonds is 6. The van der Waals surface area contributed by atoms with E-state index in [1.54, 1.807) is 19.1 Å². The van der Waals surface area contributed by atoms with Gasteiger partial charge in [-0.3, -0.25) is 4.79 Å². The molecule has 106 valence electrons. The van der Waals surface area contributed by atoms with Crippen LogP contribution in [0.25, 0.3) is 0 Å². The van der Waals surface area contributed by atoms with Gasteiger partial charge in [-0.2, -0.15) is 0 Å². The fourth-order valence-corrected chi connectivity index (χ4v) is 1.53. The Morgan fingerprint density at radius 3 is 2.37 bits per heavy atom. The summed E-state index contributed by atoms with van der Waals surface area (Å²) < 4.78 is 44.3. The van der Waals surface area contributed by atoms with Crippen molar-refractivity contribution in [2.75, 3.05) is 6.61 Å². The smallest absolute Gasteiger partial charge is 0.466 e. The Labute approximate surface area is 109 Å². The van der Waals surface area contributed by atoms with E-state index in [0.29, 0.717) is 25.9 Å². The molecule has 0 N–H and O–H groups in total. The lowest BCUT2D eigenvalue weighted by molar-refractivity contribution is -0.274. The third-order valence-corrected chi connectivity index (χ3v) is 2.31. The molecule has 0 radical (unpaired) electrons. The van der Waals surface area contributed by atoms with Gasteiger partial charge < -0.3 is 9.47 Å². The number of hydrogen-bond acceptors (Lipinski definition) is 3. The largest absolute Gasteiger partial charge is 0.573 e. The van der Waals surface area contributed by atoms with Gasteiger partial charge in [0.05, 0.1) is 6.61 Å². The van der Waals surface area contributed by atoms with Crippen molar-refractivity contribution in [3.8, 4) is 5.75 Å². The van der Waals surface area contributed by atoms with E-state index in [1.165, 1.54) is 12.1 Å². The van der Waals surface area contributed by atoms with Gasteiger partial charge in [-0.15, -0.1) is 13.2 Å². The highest BCUT2D eigenvalue weighted by atomic mass is 19.4. The SMILES string of the molecule is CCOC(=O)CCCc1ccc(OC(F)(F)F)cc1. The Morgan fingerprint density at radius 1 is 1.21 bits per heavy atom. The summed E-state index contributed by atoms with van der Waals surface area (Å²) in [6, 6.07) is 5.61. The number of esters is 1. The van der Waals surface area contributed by atoms with Crippen LogP contribution in [-0.2, 0) is 16.0 Å². The zero-order chi connectivity index (χ0) is 14.3. The van der Waals surface area contributed by atoms with E-state index in [4.69, 9.17) is 4.74 Å². The number of carbonyl (C=O) groups is 1. The maximum Gasteiger partial charge on any atom is 0.573 e. The molecule has 0 aliphatic carbocycles. The van der Waals surface area contributed by atoms with E-state index in [9.17, 15) is 18.0 Å². The summed E-state index contributed by atoms with van der Waals surface area (Å²) in [6.45, 7) is 2.08. The Kier molecular flexibility index (Phi) is 5.66. The lowest BCUT2D eigenvalue weighted by Gasteiger charge is -2.09. The minimum atomic E-state index is -4.68. The van der Waals surface area contributed by atoms with Crippen LogP contribution in [0.4, 0.5) is 13.2 Å². The van der Waals surface area contributed by atoms with E-state index in [0.717, 1.165) is 5.56 Å². The molecule has 0 atom stereocenters. The molecule has 0 aliphatic rings. The molecule has 0 heterocycles. The predicted molar refractivity (Wildman–Crippen MR) is 62.7 cm³/mol. The van der Waals surface area contributed by atoms with Gasteiger partial charge in [0, 0.05) is 6.42 Å². The highest BCUT2D eigenvalue weighted by Crippen LogP contribution is 2.23. The Balaban J connectivity index is 2.38. The minimum absolute atomic E-state index is 0.248. The van der Waals surface area contributed by atoms with Gasteiger partial charge in [0.25, 0.3) is 0 Å². The number of benzene rings is 1. The van der Waals surface area contributed by atoms with Crippen molar-refractivity contribution >= 4 is 5.97 Å². The molecule has 3 nitrogen and oxygen atoms in total. The number of aryl methyl sites for hydroxylation is 1. The van der Waals surface area contributed by atoms with Crippen LogP contribution in [0.5, 0.6) is 5.75 Å². The van der Waals surface area contributed by atoms with Crippen LogP contribution in [0.2, 0.25) is 0 Å². The summed E-state index contributed by atoms with van der Waals surface area (Å²) in [5.74, 6) is -0.513. The van der Waals surface area contributed by atoms with E-state index < -0.39 is 6.36 Å². The lowest BCUT2D eigenvalue weighted by Crippen LogP contribution is -2.17. The molecule has 0 fully saturated rings. The molecular weight excluding hydrogens is 261 g/mol. The first kappa shape index (κ1) is 15.3. The lowest BCUT2D eigenvalue weighted by atomic mass is 10.1. The van der Waals surface area contributed by atoms with E-state index in [-0.39, 0.29) is 11.7 Å². The van der Waals surface area contributed by atoms with Crippen molar-refractivity contribution < 1.29 is 27.4 Å². The monoisotopic (exact) mass is 276 g/mol. The van der Waals surface area contributed by atoms with E-state index in [1.807, 2.05) is 0 Å². The van der Waals surface area contributed by atoms with Gasteiger partial charge in [-0.05, 0) is 37.5 Å². The summed E-state index contributed by atoms with van der Waals surface area (Å²) in [5, 5.41) is 0. The average Bonchev–Trinajstić information content (AvgIpc) is 2.30. The van der Waals surface area contributed by atoms with Crippen molar-refractivity contribution in [3.05, 3.63) is 29.8 Å². The summed E-state index contributed by atoms with van der Waals surface area (Å²) in [7, 11) is 0. The third kappa shape index (κ3) is 6.69. The summed E-state index contributed by atoms with van der Waals surface area (Å²) in [5.41, 5.74) is 0.846. The Hall–Kier alpha value is -1.72. The van der Waals surface area contributed by atoms with Crippen LogP contribution >= 0.6 is 0 Å². The average molecular weight is 276 g/mol. The molecule has 1 aromatic carbocycles. The van der Waals surface area contributed by atoms with Gasteiger partial charge in [-0.25, -0.2) is 0 Å². The molecule has 0 saturated heterocycles. The second-order valence-electron chi connectivity index (χ2n) is 3.85. The van der Waals surface area contributed by atoms with Gasteiger partial charge >= 0.3 is 12.3 Å². The quantitative estimate of drug-likeness (QED) is 0.746. The van der Waals surface area contributed by atoms with Gasteiger partial charge in [0.2, 0.25) is 0 Å². The zero-order valence-electron chi connectivity index (χ0n) is 10.5. The highest BCUT2D eigenvalue weighted by Gasteiger charge is 2.30. The number of halogens is 3. The van der Waals surface area contributed by atoms with Crippen LogP contribution in [0.15, 0.2) is 24.3 Å². The summed E-state index contributed by atoms with van der Waals surface area (Å²) in [6.07, 6.45) is -3.18. The summed E-state index contributed by atoms with van der Waals surface area (Å²) >= 11 is 0. The maximum absolute atomic E-state index is 11.9. The normalized spacial score (nSPS) is 11.2. The molecule has 0 unspecified atom stereocenters. The Morgan fingerprint density at radius 2 is 1.84 bits per heavy atom. The Bertz CT molecular complexity index is 399. The van der Waals surface area contributed by atoms with Crippen LogP contribution < -0.4 is 4.74 Å². The van der Waals surface area contributed by atoms with Crippen LogP contribution in [0.1, 0.15) is 25.3 Å². The first-order valence-corrected chi connectivity index (χ1v) is 5.91. The van der Waals surface area contributed by atoms with Gasteiger partial charge in [0.1, 0.15) is 5.75 Å². The van der Waals surface area contributed by atoms with Crippen molar-refractivity contribution in [1.29, 1.82) is 0 Å². The minimum Gasteiger partial charge on any atom is -0.466 e. The van der Waals surface area contributed by atoms with Crippen molar-refractivity contribution in [2.45, 2.75) is 32.5 Å². The van der Waals surface area contributed by atoms with Gasteiger partial charge in [0.15, 0.2) is 0 Å². The molecule has 0 spiro atoms. The fourth-order valence-electron chi connectivity index (χ4n) is 1.53. The van der Waals surface area contributed by atoms with E-state index >= 15 is 0 Å². The molecule has 0 aliphatic heterocycles. The molecule has 1 rings (SSSR count). The van der Waals surface area contributed by atoms with Crippen LogP contribution in [0, 0.1) is 0 Å². The highest BCUT2D eigenvalue weighted by molar-refractivity contribution is 5.69. The van der Waals surface area contributed by atoms with Gasteiger partial charge in [-0.1, -0.05) is 12.1 Å². The molecule has 0 amide bonds. The van der Waals surface area contributed by atoms with E-state index in [2.05, 4.69) is 4.74 Å². The summed E-state index contributed by atoms with van der Waals surface area (Å²) in [4.78, 5) is 11.1. The molecule has 1 aromatic rings. The van der Waals surface area contributed by atoms with Crippen LogP contribution in [-0.4, -0.2) is 18.9 Å². The second kappa shape index (κ2) is 7.01. The molecule has 19 heavy (non-hydrogen) atoms. The first-order valence-electron chi connectivity index (χ1n) is 5.91. The molecular formula is C13H15F3O3. The predicted octanol–water partition coefficient (Wildman–Crippen LogP) is 3.47. The third-order valence-electron chi connectivity index (χ3n) is 2.31. The standard InChI is InChI=1S/C13H15F3O3/c1-2-18-12(17)5-3-4-10-6-8-11(9-7-10)19-13(14,15)16/h6-9H,2-5H2,1H3. The zero-order valence-corrected chi connectivity index (χ0v) is 10.5. The number of ether oxygens (including phenoxy) is 2. The molecule has 0 bridgehead atoms. The molecule has 0 saturated carbocycles.